The zero-order valence-electron chi connectivity index (χ0n) is 15.4. The number of aromatic nitrogens is 2. The van der Waals surface area contributed by atoms with E-state index in [1.165, 1.54) is 10.9 Å². The van der Waals surface area contributed by atoms with Gasteiger partial charge in [-0.3, -0.25) is 9.59 Å². The first-order chi connectivity index (χ1) is 12.4. The molecule has 3 rings (SSSR count). The van der Waals surface area contributed by atoms with Crippen molar-refractivity contribution in [2.24, 2.45) is 7.05 Å². The third kappa shape index (κ3) is 3.39. The number of benzene rings is 1. The van der Waals surface area contributed by atoms with Crippen LogP contribution < -0.4 is 10.9 Å². The van der Waals surface area contributed by atoms with Crippen LogP contribution in [0.25, 0.3) is 11.1 Å². The minimum Gasteiger partial charge on any atom is -0.442 e. The van der Waals surface area contributed by atoms with Crippen LogP contribution in [0.5, 0.6) is 0 Å². The van der Waals surface area contributed by atoms with E-state index in [9.17, 15) is 9.59 Å². The van der Waals surface area contributed by atoms with Gasteiger partial charge in [0.25, 0.3) is 11.5 Å². The molecular formula is C19H22N4O3. The maximum atomic E-state index is 12.8. The lowest BCUT2D eigenvalue weighted by Gasteiger charge is -2.14. The van der Waals surface area contributed by atoms with Gasteiger partial charge in [-0.15, -0.1) is 0 Å². The van der Waals surface area contributed by atoms with E-state index in [0.717, 1.165) is 17.7 Å². The molecule has 0 fully saturated rings. The van der Waals surface area contributed by atoms with E-state index in [0.29, 0.717) is 12.3 Å². The first kappa shape index (κ1) is 17.9. The summed E-state index contributed by atoms with van der Waals surface area (Å²) in [5.41, 5.74) is 2.31. The van der Waals surface area contributed by atoms with Crippen molar-refractivity contribution in [3.05, 3.63) is 63.4 Å². The number of nitrogens with zero attached hydrogens (tertiary/aromatic N) is 3. The van der Waals surface area contributed by atoms with Crippen LogP contribution in [0.15, 0.2) is 39.8 Å². The Hall–Kier alpha value is -2.93. The van der Waals surface area contributed by atoms with E-state index in [4.69, 9.17) is 4.42 Å². The molecule has 0 saturated heterocycles. The van der Waals surface area contributed by atoms with Gasteiger partial charge in [0.15, 0.2) is 0 Å². The summed E-state index contributed by atoms with van der Waals surface area (Å²) >= 11 is 0. The molecule has 136 valence electrons. The molecule has 0 saturated carbocycles. The summed E-state index contributed by atoms with van der Waals surface area (Å²) in [6.07, 6.45) is 1.38. The van der Waals surface area contributed by atoms with Crippen LogP contribution in [0.3, 0.4) is 0 Å². The highest BCUT2D eigenvalue weighted by Gasteiger charge is 2.22. The standard InChI is InChI=1S/C19H22N4O3/c1-12-15(16-18(26-12)21-11-23(4)19(16)25)17(24)20-9-13-7-5-6-8-14(13)10-22(2)3/h5-8,11H,9-10H2,1-4H3,(H,20,24). The molecule has 0 radical (unpaired) electrons. The SMILES string of the molecule is Cc1oc2ncn(C)c(=O)c2c1C(=O)NCc1ccccc1CN(C)C. The molecule has 2 heterocycles. The number of aryl methyl sites for hydroxylation is 2. The second-order valence-corrected chi connectivity index (χ2v) is 6.56. The number of carbonyl (C=O) groups excluding carboxylic acids is 1. The minimum absolute atomic E-state index is 0.184. The summed E-state index contributed by atoms with van der Waals surface area (Å²) in [4.78, 5) is 31.3. The number of amides is 1. The van der Waals surface area contributed by atoms with E-state index in [-0.39, 0.29) is 28.1 Å². The van der Waals surface area contributed by atoms with Crippen molar-refractivity contribution in [1.29, 1.82) is 0 Å². The summed E-state index contributed by atoms with van der Waals surface area (Å²) < 4.78 is 6.83. The van der Waals surface area contributed by atoms with Crippen LogP contribution in [-0.4, -0.2) is 34.5 Å². The Morgan fingerprint density at radius 2 is 1.96 bits per heavy atom. The summed E-state index contributed by atoms with van der Waals surface area (Å²) in [7, 11) is 5.59. The first-order valence-corrected chi connectivity index (χ1v) is 8.33. The molecule has 0 spiro atoms. The molecule has 0 aliphatic rings. The quantitative estimate of drug-likeness (QED) is 0.756. The van der Waals surface area contributed by atoms with Crippen molar-refractivity contribution in [1.82, 2.24) is 19.8 Å². The predicted octanol–water partition coefficient (Wildman–Crippen LogP) is 1.83. The predicted molar refractivity (Wildman–Crippen MR) is 99.0 cm³/mol. The van der Waals surface area contributed by atoms with E-state index in [1.807, 2.05) is 38.4 Å². The zero-order chi connectivity index (χ0) is 18.8. The van der Waals surface area contributed by atoms with Crippen molar-refractivity contribution in [3.63, 3.8) is 0 Å². The van der Waals surface area contributed by atoms with Crippen molar-refractivity contribution in [3.8, 4) is 0 Å². The molecule has 3 aromatic rings. The van der Waals surface area contributed by atoms with E-state index in [1.54, 1.807) is 14.0 Å². The van der Waals surface area contributed by atoms with Gasteiger partial charge >= 0.3 is 0 Å². The molecule has 1 amide bonds. The minimum atomic E-state index is -0.342. The van der Waals surface area contributed by atoms with Crippen molar-refractivity contribution in [2.75, 3.05) is 14.1 Å². The number of fused-ring (bicyclic) bond motifs is 1. The Kier molecular flexibility index (Phi) is 4.90. The van der Waals surface area contributed by atoms with E-state index in [2.05, 4.69) is 15.2 Å². The van der Waals surface area contributed by atoms with Gasteiger partial charge in [0, 0.05) is 20.1 Å². The zero-order valence-corrected chi connectivity index (χ0v) is 15.4. The van der Waals surface area contributed by atoms with Crippen LogP contribution in [0.4, 0.5) is 0 Å². The lowest BCUT2D eigenvalue weighted by molar-refractivity contribution is 0.0950. The number of rotatable bonds is 5. The van der Waals surface area contributed by atoms with Crippen LogP contribution in [0, 0.1) is 6.92 Å². The topological polar surface area (TPSA) is 80.4 Å². The van der Waals surface area contributed by atoms with Crippen LogP contribution in [-0.2, 0) is 20.1 Å². The molecule has 0 unspecified atom stereocenters. The number of nitrogens with one attached hydrogen (secondary N) is 1. The van der Waals surface area contributed by atoms with Crippen LogP contribution >= 0.6 is 0 Å². The molecule has 0 aliphatic heterocycles. The highest BCUT2D eigenvalue weighted by Crippen LogP contribution is 2.21. The molecule has 0 bridgehead atoms. The molecule has 7 nitrogen and oxygen atoms in total. The summed E-state index contributed by atoms with van der Waals surface area (Å²) in [5, 5.41) is 3.12. The highest BCUT2D eigenvalue weighted by molar-refractivity contribution is 6.06. The van der Waals surface area contributed by atoms with Crippen molar-refractivity contribution < 1.29 is 9.21 Å². The molecule has 1 aromatic carbocycles. The average molecular weight is 354 g/mol. The lowest BCUT2D eigenvalue weighted by atomic mass is 10.1. The van der Waals surface area contributed by atoms with Gasteiger partial charge < -0.3 is 19.2 Å². The number of carbonyl (C=O) groups is 1. The van der Waals surface area contributed by atoms with Gasteiger partial charge in [-0.05, 0) is 32.1 Å². The summed E-state index contributed by atoms with van der Waals surface area (Å²) in [6.45, 7) is 2.82. The molecular weight excluding hydrogens is 332 g/mol. The fraction of sp³-hybridized carbons (Fsp3) is 0.316. The molecule has 0 atom stereocenters. The molecule has 2 aromatic heterocycles. The first-order valence-electron chi connectivity index (χ1n) is 8.33. The van der Waals surface area contributed by atoms with Gasteiger partial charge in [0.1, 0.15) is 17.5 Å². The van der Waals surface area contributed by atoms with Crippen LogP contribution in [0.2, 0.25) is 0 Å². The highest BCUT2D eigenvalue weighted by atomic mass is 16.3. The van der Waals surface area contributed by atoms with Gasteiger partial charge in [-0.25, -0.2) is 4.98 Å². The molecule has 26 heavy (non-hydrogen) atoms. The summed E-state index contributed by atoms with van der Waals surface area (Å²) in [5.74, 6) is 0.0425. The fourth-order valence-corrected chi connectivity index (χ4v) is 2.95. The lowest BCUT2D eigenvalue weighted by Crippen LogP contribution is -2.26. The van der Waals surface area contributed by atoms with Gasteiger partial charge in [-0.2, -0.15) is 0 Å². The van der Waals surface area contributed by atoms with Crippen LogP contribution in [0.1, 0.15) is 27.2 Å². The normalized spacial score (nSPS) is 11.3. The second-order valence-electron chi connectivity index (χ2n) is 6.56. The largest absolute Gasteiger partial charge is 0.442 e. The smallest absolute Gasteiger partial charge is 0.265 e. The third-order valence-electron chi connectivity index (χ3n) is 4.22. The Bertz CT molecular complexity index is 1020. The maximum Gasteiger partial charge on any atom is 0.265 e. The number of hydrogen-bond acceptors (Lipinski definition) is 5. The maximum absolute atomic E-state index is 12.8. The third-order valence-corrected chi connectivity index (χ3v) is 4.22. The van der Waals surface area contributed by atoms with Crippen molar-refractivity contribution in [2.45, 2.75) is 20.0 Å². The fourth-order valence-electron chi connectivity index (χ4n) is 2.95. The van der Waals surface area contributed by atoms with Gasteiger partial charge in [0.05, 0.1) is 5.56 Å². The average Bonchev–Trinajstić information content (AvgIpc) is 2.93. The Morgan fingerprint density at radius 3 is 2.65 bits per heavy atom. The monoisotopic (exact) mass is 354 g/mol. The molecule has 0 aliphatic carbocycles. The van der Waals surface area contributed by atoms with E-state index < -0.39 is 0 Å². The molecule has 1 N–H and O–H groups in total. The number of hydrogen-bond donors (Lipinski definition) is 1. The van der Waals surface area contributed by atoms with E-state index >= 15 is 0 Å². The second kappa shape index (κ2) is 7.13. The Labute approximate surface area is 151 Å². The summed E-state index contributed by atoms with van der Waals surface area (Å²) in [6, 6.07) is 7.95. The Balaban J connectivity index is 1.89. The van der Waals surface area contributed by atoms with Crippen molar-refractivity contribution >= 4 is 17.0 Å². The number of furan rings is 1. The van der Waals surface area contributed by atoms with Gasteiger partial charge in [0.2, 0.25) is 5.71 Å². The molecule has 7 heteroatoms. The Morgan fingerprint density at radius 1 is 1.27 bits per heavy atom. The van der Waals surface area contributed by atoms with Gasteiger partial charge in [-0.1, -0.05) is 24.3 Å².